The molecule has 4 nitrogen and oxygen atoms in total. The molecule has 0 aliphatic rings. The Bertz CT molecular complexity index is 877. The van der Waals surface area contributed by atoms with Gasteiger partial charge in [-0.2, -0.15) is 4.98 Å². The van der Waals surface area contributed by atoms with Crippen molar-refractivity contribution in [2.24, 2.45) is 0 Å². The summed E-state index contributed by atoms with van der Waals surface area (Å²) < 4.78 is 0.940. The van der Waals surface area contributed by atoms with Gasteiger partial charge >= 0.3 is 0 Å². The molecule has 0 saturated carbocycles. The number of hydrogen-bond acceptors (Lipinski definition) is 6. The maximum Gasteiger partial charge on any atom is 0.279 e. The van der Waals surface area contributed by atoms with Gasteiger partial charge in [-0.1, -0.05) is 18.2 Å². The summed E-state index contributed by atoms with van der Waals surface area (Å²) in [6, 6.07) is 13.4. The topological polar surface area (TPSA) is 46.1 Å². The van der Waals surface area contributed by atoms with Gasteiger partial charge in [0.2, 0.25) is 0 Å². The molecule has 0 aliphatic carbocycles. The molecule has 0 fully saturated rings. The number of thioether (sulfide) groups is 1. The summed E-state index contributed by atoms with van der Waals surface area (Å²) in [5, 5.41) is 2.29. The van der Waals surface area contributed by atoms with Crippen molar-refractivity contribution in [3.05, 3.63) is 52.8 Å². The molecule has 0 aliphatic heterocycles. The second-order valence-corrected chi connectivity index (χ2v) is 7.48. The van der Waals surface area contributed by atoms with Crippen molar-refractivity contribution in [3.8, 4) is 10.7 Å². The Morgan fingerprint density at radius 1 is 1.09 bits per heavy atom. The first-order valence-corrected chi connectivity index (χ1v) is 9.08. The third kappa shape index (κ3) is 3.96. The molecule has 3 rings (SSSR count). The van der Waals surface area contributed by atoms with Gasteiger partial charge in [0.15, 0.2) is 0 Å². The minimum atomic E-state index is -0.193. The fraction of sp³-hybridized carbons (Fsp3) is 0.235. The Morgan fingerprint density at radius 2 is 1.91 bits per heavy atom. The van der Waals surface area contributed by atoms with Gasteiger partial charge < -0.3 is 4.90 Å². The zero-order chi connectivity index (χ0) is 16.2. The standard InChI is InChI=1S/C17H17N3OS2/c1-20(2)10-11-22-15-9-5-7-13(18-15)17-19-16(21)12-6-3-4-8-14(12)23-17/h3-9H,10-11H2,1-2H3. The van der Waals surface area contributed by atoms with Gasteiger partial charge in [-0.05, 0) is 38.4 Å². The minimum absolute atomic E-state index is 0.193. The van der Waals surface area contributed by atoms with Crippen LogP contribution in [0.4, 0.5) is 0 Å². The number of hydrogen-bond donors (Lipinski definition) is 0. The van der Waals surface area contributed by atoms with E-state index >= 15 is 0 Å². The molecule has 118 valence electrons. The number of pyridine rings is 1. The summed E-state index contributed by atoms with van der Waals surface area (Å²) in [5.74, 6) is 0.977. The Morgan fingerprint density at radius 3 is 2.74 bits per heavy atom. The summed E-state index contributed by atoms with van der Waals surface area (Å²) in [6.07, 6.45) is 0. The summed E-state index contributed by atoms with van der Waals surface area (Å²) in [7, 11) is 4.11. The van der Waals surface area contributed by atoms with Crippen LogP contribution >= 0.6 is 23.1 Å². The number of rotatable bonds is 5. The molecule has 0 saturated heterocycles. The molecule has 0 unspecified atom stereocenters. The number of nitrogens with zero attached hydrogens (tertiary/aromatic N) is 3. The average molecular weight is 343 g/mol. The van der Waals surface area contributed by atoms with E-state index in [1.165, 1.54) is 11.3 Å². The normalized spacial score (nSPS) is 11.3. The van der Waals surface area contributed by atoms with Crippen molar-refractivity contribution in [3.63, 3.8) is 0 Å². The number of aromatic nitrogens is 2. The van der Waals surface area contributed by atoms with Crippen LogP contribution in [-0.2, 0) is 0 Å². The highest BCUT2D eigenvalue weighted by molar-refractivity contribution is 7.99. The van der Waals surface area contributed by atoms with E-state index in [1.54, 1.807) is 11.8 Å². The molecule has 2 heterocycles. The fourth-order valence-corrected chi connectivity index (χ4v) is 4.04. The molecular formula is C17H17N3OS2. The number of fused-ring (bicyclic) bond motifs is 1. The maximum atomic E-state index is 12.2. The Balaban J connectivity index is 1.91. The predicted octanol–water partition coefficient (Wildman–Crippen LogP) is 3.37. The third-order valence-corrected chi connectivity index (χ3v) is 5.24. The average Bonchev–Trinajstić information content (AvgIpc) is 2.55. The van der Waals surface area contributed by atoms with Crippen LogP contribution < -0.4 is 5.56 Å². The van der Waals surface area contributed by atoms with Crippen LogP contribution in [0, 0.1) is 0 Å². The van der Waals surface area contributed by atoms with E-state index in [4.69, 9.17) is 0 Å². The largest absolute Gasteiger partial charge is 0.309 e. The van der Waals surface area contributed by atoms with Gasteiger partial charge in [-0.25, -0.2) is 4.98 Å². The van der Waals surface area contributed by atoms with E-state index in [-0.39, 0.29) is 5.56 Å². The minimum Gasteiger partial charge on any atom is -0.309 e. The van der Waals surface area contributed by atoms with Crippen molar-refractivity contribution in [2.45, 2.75) is 5.03 Å². The summed E-state index contributed by atoms with van der Waals surface area (Å²) in [6.45, 7) is 0.998. The van der Waals surface area contributed by atoms with E-state index < -0.39 is 0 Å². The van der Waals surface area contributed by atoms with Gasteiger partial charge in [0, 0.05) is 17.0 Å². The Kier molecular flexibility index (Phi) is 5.05. The molecular weight excluding hydrogens is 326 g/mol. The Hall–Kier alpha value is -1.76. The van der Waals surface area contributed by atoms with Gasteiger partial charge in [-0.3, -0.25) is 4.79 Å². The second kappa shape index (κ2) is 7.21. The molecule has 0 N–H and O–H groups in total. The highest BCUT2D eigenvalue weighted by Gasteiger charge is 2.08. The van der Waals surface area contributed by atoms with Crippen molar-refractivity contribution in [1.82, 2.24) is 14.9 Å². The van der Waals surface area contributed by atoms with Crippen LogP contribution in [0.1, 0.15) is 0 Å². The Labute approximate surface area is 143 Å². The van der Waals surface area contributed by atoms with Gasteiger partial charge in [0.25, 0.3) is 5.56 Å². The van der Waals surface area contributed by atoms with Crippen LogP contribution in [0.15, 0.2) is 52.3 Å². The van der Waals surface area contributed by atoms with Gasteiger partial charge in [0.05, 0.1) is 10.4 Å². The van der Waals surface area contributed by atoms with Gasteiger partial charge in [0.1, 0.15) is 10.7 Å². The maximum absolute atomic E-state index is 12.2. The van der Waals surface area contributed by atoms with E-state index in [0.717, 1.165) is 27.7 Å². The summed E-state index contributed by atoms with van der Waals surface area (Å²) >= 11 is 3.21. The molecule has 23 heavy (non-hydrogen) atoms. The summed E-state index contributed by atoms with van der Waals surface area (Å²) in [4.78, 5) is 23.2. The van der Waals surface area contributed by atoms with Crippen LogP contribution in [0.2, 0.25) is 0 Å². The third-order valence-electron chi connectivity index (χ3n) is 3.26. The van der Waals surface area contributed by atoms with Crippen LogP contribution in [0.3, 0.4) is 0 Å². The zero-order valence-corrected chi connectivity index (χ0v) is 14.7. The SMILES string of the molecule is CN(C)CCSc1cccc(-c2nc(=O)c3ccccc3s2)n1. The first-order chi connectivity index (χ1) is 11.1. The highest BCUT2D eigenvalue weighted by Crippen LogP contribution is 2.26. The lowest BCUT2D eigenvalue weighted by Gasteiger charge is -2.08. The van der Waals surface area contributed by atoms with E-state index in [0.29, 0.717) is 10.4 Å². The van der Waals surface area contributed by atoms with Crippen molar-refractivity contribution in [1.29, 1.82) is 0 Å². The lowest BCUT2D eigenvalue weighted by atomic mass is 10.3. The number of benzene rings is 1. The van der Waals surface area contributed by atoms with Crippen molar-refractivity contribution >= 4 is 33.2 Å². The van der Waals surface area contributed by atoms with E-state index in [2.05, 4.69) is 29.0 Å². The quantitative estimate of drug-likeness (QED) is 0.665. The highest BCUT2D eigenvalue weighted by atomic mass is 32.2. The molecule has 0 radical (unpaired) electrons. The molecule has 3 aromatic rings. The van der Waals surface area contributed by atoms with Crippen molar-refractivity contribution in [2.75, 3.05) is 26.4 Å². The zero-order valence-electron chi connectivity index (χ0n) is 13.0. The first kappa shape index (κ1) is 16.1. The molecule has 1 aromatic carbocycles. The molecule has 0 spiro atoms. The smallest absolute Gasteiger partial charge is 0.279 e. The second-order valence-electron chi connectivity index (χ2n) is 5.33. The molecule has 2 aromatic heterocycles. The van der Waals surface area contributed by atoms with Crippen LogP contribution in [-0.4, -0.2) is 41.3 Å². The lowest BCUT2D eigenvalue weighted by Crippen LogP contribution is -2.14. The molecule has 0 atom stereocenters. The monoisotopic (exact) mass is 343 g/mol. The first-order valence-electron chi connectivity index (χ1n) is 7.28. The van der Waals surface area contributed by atoms with Crippen LogP contribution in [0.25, 0.3) is 20.8 Å². The predicted molar refractivity (Wildman–Crippen MR) is 98.4 cm³/mol. The summed E-state index contributed by atoms with van der Waals surface area (Å²) in [5.41, 5.74) is 0.564. The van der Waals surface area contributed by atoms with E-state index in [9.17, 15) is 4.79 Å². The molecule has 6 heteroatoms. The van der Waals surface area contributed by atoms with Crippen molar-refractivity contribution < 1.29 is 0 Å². The van der Waals surface area contributed by atoms with Crippen LogP contribution in [0.5, 0.6) is 0 Å². The van der Waals surface area contributed by atoms with E-state index in [1.807, 2.05) is 42.5 Å². The lowest BCUT2D eigenvalue weighted by molar-refractivity contribution is 0.437. The van der Waals surface area contributed by atoms with Gasteiger partial charge in [-0.15, -0.1) is 23.1 Å². The fourth-order valence-electron chi connectivity index (χ4n) is 2.07. The molecule has 0 amide bonds. The molecule has 0 bridgehead atoms.